The van der Waals surface area contributed by atoms with E-state index in [0.717, 1.165) is 29.8 Å². The van der Waals surface area contributed by atoms with Gasteiger partial charge in [0.2, 0.25) is 0 Å². The van der Waals surface area contributed by atoms with Crippen molar-refractivity contribution in [2.45, 2.75) is 19.8 Å². The quantitative estimate of drug-likeness (QED) is 0.260. The highest BCUT2D eigenvalue weighted by atomic mass is 32.1. The number of amides is 1. The molecular weight excluding hydrogens is 437 g/mol. The number of halogens is 1. The smallest absolute Gasteiger partial charge is 0.255 e. The van der Waals surface area contributed by atoms with Gasteiger partial charge in [0.25, 0.3) is 5.91 Å². The molecule has 4 aromatic rings. The van der Waals surface area contributed by atoms with E-state index in [1.54, 1.807) is 42.5 Å². The van der Waals surface area contributed by atoms with Crippen LogP contribution in [0.3, 0.4) is 0 Å². The van der Waals surface area contributed by atoms with Crippen molar-refractivity contribution in [2.24, 2.45) is 0 Å². The molecule has 4 rings (SSSR count). The fourth-order valence-corrected chi connectivity index (χ4v) is 3.87. The molecule has 2 N–H and O–H groups in total. The van der Waals surface area contributed by atoms with Crippen LogP contribution in [-0.2, 0) is 0 Å². The Labute approximate surface area is 196 Å². The van der Waals surface area contributed by atoms with E-state index >= 15 is 0 Å². The molecule has 0 fully saturated rings. The minimum absolute atomic E-state index is 0.201. The van der Waals surface area contributed by atoms with E-state index in [2.05, 4.69) is 22.5 Å². The number of hydrogen-bond acceptors (Lipinski definition) is 5. The van der Waals surface area contributed by atoms with Gasteiger partial charge >= 0.3 is 0 Å². The van der Waals surface area contributed by atoms with Crippen LogP contribution in [0.4, 0.5) is 20.9 Å². The summed E-state index contributed by atoms with van der Waals surface area (Å²) in [4.78, 5) is 17.2. The lowest BCUT2D eigenvalue weighted by Gasteiger charge is -2.08. The zero-order chi connectivity index (χ0) is 23.0. The SMILES string of the molecule is CCCCOc1ccc(C(=O)Nc2cccc(-c3csc(Nc4ccccc4F)n3)c2)cc1. The van der Waals surface area contributed by atoms with Crippen molar-refractivity contribution in [3.05, 3.63) is 89.6 Å². The summed E-state index contributed by atoms with van der Waals surface area (Å²) in [5.74, 6) is 0.220. The van der Waals surface area contributed by atoms with Crippen molar-refractivity contribution in [1.29, 1.82) is 0 Å². The third kappa shape index (κ3) is 5.96. The average molecular weight is 462 g/mol. The first-order chi connectivity index (χ1) is 16.1. The molecule has 1 amide bonds. The lowest BCUT2D eigenvalue weighted by Crippen LogP contribution is -2.11. The molecule has 0 atom stereocenters. The second-order valence-electron chi connectivity index (χ2n) is 7.40. The highest BCUT2D eigenvalue weighted by Crippen LogP contribution is 2.29. The van der Waals surface area contributed by atoms with Crippen LogP contribution in [0.1, 0.15) is 30.1 Å². The lowest BCUT2D eigenvalue weighted by atomic mass is 10.1. The van der Waals surface area contributed by atoms with Gasteiger partial charge in [-0.25, -0.2) is 9.37 Å². The Bertz CT molecular complexity index is 1220. The first-order valence-corrected chi connectivity index (χ1v) is 11.6. The fraction of sp³-hybridized carbons (Fsp3) is 0.154. The van der Waals surface area contributed by atoms with E-state index in [1.165, 1.54) is 17.4 Å². The zero-order valence-electron chi connectivity index (χ0n) is 18.2. The normalized spacial score (nSPS) is 10.6. The highest BCUT2D eigenvalue weighted by molar-refractivity contribution is 7.14. The van der Waals surface area contributed by atoms with Gasteiger partial charge in [0, 0.05) is 22.2 Å². The van der Waals surface area contributed by atoms with Crippen molar-refractivity contribution in [3.63, 3.8) is 0 Å². The standard InChI is InChI=1S/C26H24FN3O2S/c1-2-3-15-32-21-13-11-18(12-14-21)25(31)28-20-8-6-7-19(16-20)24-17-33-26(30-24)29-23-10-5-4-9-22(23)27/h4-14,16-17H,2-3,15H2,1H3,(H,28,31)(H,29,30). The molecule has 0 bridgehead atoms. The van der Waals surface area contributed by atoms with Gasteiger partial charge in [-0.2, -0.15) is 0 Å². The summed E-state index contributed by atoms with van der Waals surface area (Å²) in [5, 5.41) is 8.41. The summed E-state index contributed by atoms with van der Waals surface area (Å²) in [7, 11) is 0. The van der Waals surface area contributed by atoms with Gasteiger partial charge in [-0.1, -0.05) is 37.6 Å². The maximum absolute atomic E-state index is 13.9. The first-order valence-electron chi connectivity index (χ1n) is 10.7. The van der Waals surface area contributed by atoms with E-state index in [9.17, 15) is 9.18 Å². The molecule has 33 heavy (non-hydrogen) atoms. The van der Waals surface area contributed by atoms with Crippen LogP contribution in [0, 0.1) is 5.82 Å². The number of ether oxygens (including phenoxy) is 1. The van der Waals surface area contributed by atoms with Crippen molar-refractivity contribution in [1.82, 2.24) is 4.98 Å². The number of benzene rings is 3. The highest BCUT2D eigenvalue weighted by Gasteiger charge is 2.10. The summed E-state index contributed by atoms with van der Waals surface area (Å²) >= 11 is 1.38. The number of hydrogen-bond donors (Lipinski definition) is 2. The number of rotatable bonds is 9. The number of aromatic nitrogens is 1. The van der Waals surface area contributed by atoms with Crippen molar-refractivity contribution in [2.75, 3.05) is 17.2 Å². The first kappa shape index (κ1) is 22.5. The molecule has 0 aliphatic heterocycles. The fourth-order valence-electron chi connectivity index (χ4n) is 3.14. The lowest BCUT2D eigenvalue weighted by molar-refractivity contribution is 0.102. The van der Waals surface area contributed by atoms with Gasteiger partial charge in [-0.3, -0.25) is 4.79 Å². The predicted molar refractivity (Wildman–Crippen MR) is 132 cm³/mol. The van der Waals surface area contributed by atoms with E-state index in [-0.39, 0.29) is 11.7 Å². The molecule has 0 saturated carbocycles. The second kappa shape index (κ2) is 10.7. The van der Waals surface area contributed by atoms with Gasteiger partial charge < -0.3 is 15.4 Å². The van der Waals surface area contributed by atoms with Crippen LogP contribution >= 0.6 is 11.3 Å². The van der Waals surface area contributed by atoms with Gasteiger partial charge in [0.05, 0.1) is 18.0 Å². The van der Waals surface area contributed by atoms with Crippen LogP contribution in [0.25, 0.3) is 11.3 Å². The molecule has 0 saturated heterocycles. The summed E-state index contributed by atoms with van der Waals surface area (Å²) in [6, 6.07) is 21.0. The van der Waals surface area contributed by atoms with E-state index in [0.29, 0.717) is 28.7 Å². The summed E-state index contributed by atoms with van der Waals surface area (Å²) < 4.78 is 19.5. The van der Waals surface area contributed by atoms with E-state index in [1.807, 2.05) is 29.6 Å². The minimum atomic E-state index is -0.334. The number of nitrogens with zero attached hydrogens (tertiary/aromatic N) is 1. The third-order valence-electron chi connectivity index (χ3n) is 4.92. The number of thiazole rings is 1. The van der Waals surface area contributed by atoms with Crippen LogP contribution in [-0.4, -0.2) is 17.5 Å². The molecule has 0 radical (unpaired) electrons. The molecule has 7 heteroatoms. The number of unbranched alkanes of at least 4 members (excludes halogenated alkanes) is 1. The van der Waals surface area contributed by atoms with Gasteiger partial charge in [0.1, 0.15) is 11.6 Å². The zero-order valence-corrected chi connectivity index (χ0v) is 19.0. The van der Waals surface area contributed by atoms with Crippen LogP contribution < -0.4 is 15.4 Å². The molecule has 0 unspecified atom stereocenters. The van der Waals surface area contributed by atoms with Crippen molar-refractivity contribution >= 4 is 33.8 Å². The number of carbonyl (C=O) groups is 1. The van der Waals surface area contributed by atoms with Gasteiger partial charge in [-0.15, -0.1) is 11.3 Å². The van der Waals surface area contributed by atoms with Gasteiger partial charge in [0.15, 0.2) is 5.13 Å². The minimum Gasteiger partial charge on any atom is -0.494 e. The number of nitrogens with one attached hydrogen (secondary N) is 2. The summed E-state index contributed by atoms with van der Waals surface area (Å²) in [6.45, 7) is 2.78. The van der Waals surface area contributed by atoms with Crippen molar-refractivity contribution in [3.8, 4) is 17.0 Å². The Morgan fingerprint density at radius 2 is 1.88 bits per heavy atom. The van der Waals surface area contributed by atoms with E-state index in [4.69, 9.17) is 4.74 Å². The topological polar surface area (TPSA) is 63.2 Å². The second-order valence-corrected chi connectivity index (χ2v) is 8.26. The number of carbonyl (C=O) groups excluding carboxylic acids is 1. The summed E-state index contributed by atoms with van der Waals surface area (Å²) in [6.07, 6.45) is 2.07. The summed E-state index contributed by atoms with van der Waals surface area (Å²) in [5.41, 5.74) is 3.18. The Balaban J connectivity index is 1.41. The maximum atomic E-state index is 13.9. The molecular formula is C26H24FN3O2S. The molecule has 1 aromatic heterocycles. The Morgan fingerprint density at radius 3 is 2.67 bits per heavy atom. The molecule has 0 aliphatic carbocycles. The van der Waals surface area contributed by atoms with Crippen molar-refractivity contribution < 1.29 is 13.9 Å². The molecule has 168 valence electrons. The van der Waals surface area contributed by atoms with Crippen LogP contribution in [0.5, 0.6) is 5.75 Å². The molecule has 3 aromatic carbocycles. The average Bonchev–Trinajstić information content (AvgIpc) is 3.30. The Kier molecular flexibility index (Phi) is 7.32. The molecule has 5 nitrogen and oxygen atoms in total. The molecule has 0 spiro atoms. The largest absolute Gasteiger partial charge is 0.494 e. The monoisotopic (exact) mass is 461 g/mol. The van der Waals surface area contributed by atoms with Crippen LogP contribution in [0.15, 0.2) is 78.2 Å². The third-order valence-corrected chi connectivity index (χ3v) is 5.68. The number of anilines is 3. The predicted octanol–water partition coefficient (Wildman–Crippen LogP) is 7.12. The van der Waals surface area contributed by atoms with Crippen LogP contribution in [0.2, 0.25) is 0 Å². The Hall–Kier alpha value is -3.71. The number of para-hydroxylation sites is 1. The maximum Gasteiger partial charge on any atom is 0.255 e. The van der Waals surface area contributed by atoms with Gasteiger partial charge in [-0.05, 0) is 55.0 Å². The van der Waals surface area contributed by atoms with E-state index < -0.39 is 0 Å². The molecule has 0 aliphatic rings. The molecule has 1 heterocycles. The Morgan fingerprint density at radius 1 is 1.06 bits per heavy atom.